The highest BCUT2D eigenvalue weighted by atomic mass is 15.2. The molecule has 0 amide bonds. The average molecular weight is 967 g/mol. The number of para-hydroxylation sites is 2. The summed E-state index contributed by atoms with van der Waals surface area (Å²) in [4.78, 5) is 2.69. The normalized spacial score (nSPS) is 13.1. The van der Waals surface area contributed by atoms with Gasteiger partial charge in [0.15, 0.2) is 0 Å². The molecule has 0 saturated carbocycles. The summed E-state index contributed by atoms with van der Waals surface area (Å²) < 4.78 is 2.68. The molecule has 0 aliphatic carbocycles. The zero-order chi connectivity index (χ0) is 51.5. The van der Waals surface area contributed by atoms with Crippen LogP contribution in [0.3, 0.4) is 0 Å². The first-order chi connectivity index (χ1) is 36.1. The van der Waals surface area contributed by atoms with Crippen molar-refractivity contribution in [2.75, 3.05) is 4.90 Å². The fourth-order valence-corrected chi connectivity index (χ4v) is 12.3. The van der Waals surface area contributed by atoms with Crippen molar-refractivity contribution in [3.05, 3.63) is 235 Å². The molecule has 0 saturated heterocycles. The Morgan fingerprint density at radius 2 is 0.800 bits per heavy atom. The molecule has 0 N–H and O–H groups in total. The molecule has 2 aliphatic rings. The van der Waals surface area contributed by atoms with Crippen LogP contribution in [0.15, 0.2) is 218 Å². The first-order valence-electron chi connectivity index (χ1n) is 26.9. The lowest BCUT2D eigenvalue weighted by atomic mass is 9.33. The summed E-state index contributed by atoms with van der Waals surface area (Å²) in [6, 6.07) is 83.4. The number of fused-ring (bicyclic) bond motifs is 11. The largest absolute Gasteiger partial charge is 0.310 e. The Balaban J connectivity index is 1.29. The molecule has 0 atom stereocenters. The Bertz CT molecular complexity index is 4100. The molecule has 1 aromatic heterocycles. The van der Waals surface area contributed by atoms with Crippen molar-refractivity contribution in [1.29, 1.82) is 0 Å². The Kier molecular flexibility index (Phi) is 10.7. The molecule has 0 unspecified atom stereocenters. The van der Waals surface area contributed by atoms with E-state index in [1.165, 1.54) is 133 Å². The first-order valence-corrected chi connectivity index (χ1v) is 26.9. The second-order valence-electron chi connectivity index (χ2n) is 24.1. The van der Waals surface area contributed by atoms with Crippen molar-refractivity contribution < 1.29 is 0 Å². The zero-order valence-corrected chi connectivity index (χ0v) is 44.8. The average Bonchev–Trinajstić information content (AvgIpc) is 3.46. The fourth-order valence-electron chi connectivity index (χ4n) is 12.3. The van der Waals surface area contributed by atoms with Gasteiger partial charge < -0.3 is 9.47 Å². The molecule has 13 rings (SSSR count). The highest BCUT2D eigenvalue weighted by Gasteiger charge is 2.44. The number of nitrogens with zero attached hydrogens (tertiary/aromatic N) is 2. The van der Waals surface area contributed by atoms with Crippen LogP contribution in [0.25, 0.3) is 82.4 Å². The molecule has 2 aliphatic heterocycles. The fraction of sp³-hybridized carbons (Fsp3) is 0.167. The molecule has 11 aromatic rings. The van der Waals surface area contributed by atoms with Crippen molar-refractivity contribution in [2.45, 2.75) is 78.6 Å². The summed E-state index contributed by atoms with van der Waals surface area (Å²) in [5.74, 6) is 0. The Morgan fingerprint density at radius 1 is 0.320 bits per heavy atom. The van der Waals surface area contributed by atoms with E-state index < -0.39 is 0 Å². The van der Waals surface area contributed by atoms with Gasteiger partial charge in [-0.1, -0.05) is 250 Å². The monoisotopic (exact) mass is 967 g/mol. The third-order valence-corrected chi connectivity index (χ3v) is 16.3. The quantitative estimate of drug-likeness (QED) is 0.160. The van der Waals surface area contributed by atoms with Gasteiger partial charge in [-0.25, -0.2) is 0 Å². The van der Waals surface area contributed by atoms with Crippen LogP contribution in [0, 0.1) is 0 Å². The van der Waals surface area contributed by atoms with Crippen LogP contribution < -0.4 is 21.3 Å². The highest BCUT2D eigenvalue weighted by molar-refractivity contribution is 7.00. The zero-order valence-electron chi connectivity index (χ0n) is 44.8. The van der Waals surface area contributed by atoms with Crippen LogP contribution in [0.4, 0.5) is 17.1 Å². The summed E-state index contributed by atoms with van der Waals surface area (Å²) in [6.45, 7) is 21.0. The third kappa shape index (κ3) is 7.61. The predicted molar refractivity (Wildman–Crippen MR) is 325 cm³/mol. The molecule has 3 heteroatoms. The maximum atomic E-state index is 2.69. The van der Waals surface area contributed by atoms with E-state index in [9.17, 15) is 0 Å². The van der Waals surface area contributed by atoms with Gasteiger partial charge in [-0.2, -0.15) is 0 Å². The van der Waals surface area contributed by atoms with Gasteiger partial charge >= 0.3 is 0 Å². The molecule has 0 bridgehead atoms. The summed E-state index contributed by atoms with van der Waals surface area (Å²) in [7, 11) is 0. The number of anilines is 3. The Morgan fingerprint density at radius 3 is 1.37 bits per heavy atom. The topological polar surface area (TPSA) is 8.17 Å². The third-order valence-electron chi connectivity index (χ3n) is 16.3. The van der Waals surface area contributed by atoms with E-state index in [4.69, 9.17) is 0 Å². The lowest BCUT2D eigenvalue weighted by Crippen LogP contribution is -2.61. The number of aromatic nitrogens is 1. The SMILES string of the molecule is CC(C)(C)c1ccc(-c2cc3c4c(c2)c2ccccc2c2ccccc2c2ccccc2n4-c2cc(C(C)(C)C)cc4c2B3c2ccc(C(C)(C)C)cc2N4c2c(-c3ccccc3)cccc2-c2ccccc2)cc1. The number of hydrogen-bond acceptors (Lipinski definition) is 1. The lowest BCUT2D eigenvalue weighted by molar-refractivity contribution is 0.589. The van der Waals surface area contributed by atoms with Crippen LogP contribution in [-0.2, 0) is 16.2 Å². The van der Waals surface area contributed by atoms with E-state index in [1.807, 2.05) is 0 Å². The van der Waals surface area contributed by atoms with Crippen molar-refractivity contribution >= 4 is 83.5 Å². The molecule has 10 aromatic carbocycles. The maximum Gasteiger partial charge on any atom is 0.252 e. The first kappa shape index (κ1) is 46.6. The molecular weight excluding hydrogens is 904 g/mol. The molecule has 2 nitrogen and oxygen atoms in total. The Hall–Kier alpha value is -8.14. The maximum absolute atomic E-state index is 2.69. The minimum Gasteiger partial charge on any atom is -0.310 e. The summed E-state index contributed by atoms with van der Waals surface area (Å²) in [6.07, 6.45) is 0. The van der Waals surface area contributed by atoms with Gasteiger partial charge in [0.25, 0.3) is 6.71 Å². The van der Waals surface area contributed by atoms with Crippen LogP contribution >= 0.6 is 0 Å². The van der Waals surface area contributed by atoms with E-state index in [2.05, 4.69) is 290 Å². The molecule has 0 radical (unpaired) electrons. The molecule has 3 heterocycles. The minimum absolute atomic E-state index is 0.0319. The molecule has 364 valence electrons. The van der Waals surface area contributed by atoms with Gasteiger partial charge in [0, 0.05) is 44.5 Å². The standard InChI is InChI=1S/C72H63BN2/c1-70(2,3)50-37-35-46(36-38-50)49-41-60-58-30-19-17-28-56(58)55-27-16-18-29-57(55)59-31-20-21-34-63(59)74-65-44-52(72(7,8)9)45-66-67(65)73(62(42-49)69(60)74)61-40-39-51(71(4,5)6)43-64(61)75(66)68-53(47-23-12-10-13-24-47)32-22-33-54(68)48-25-14-11-15-26-48/h10-45H,1-9H3. The van der Waals surface area contributed by atoms with E-state index >= 15 is 0 Å². The van der Waals surface area contributed by atoms with Gasteiger partial charge in [0.1, 0.15) is 0 Å². The van der Waals surface area contributed by atoms with Crippen LogP contribution in [0.1, 0.15) is 79.0 Å². The van der Waals surface area contributed by atoms with Gasteiger partial charge in [0.2, 0.25) is 0 Å². The van der Waals surface area contributed by atoms with Gasteiger partial charge in [-0.15, -0.1) is 0 Å². The van der Waals surface area contributed by atoms with E-state index in [-0.39, 0.29) is 23.0 Å². The highest BCUT2D eigenvalue weighted by Crippen LogP contribution is 2.50. The van der Waals surface area contributed by atoms with E-state index in [0.29, 0.717) is 0 Å². The van der Waals surface area contributed by atoms with Crippen LogP contribution in [-0.4, -0.2) is 11.3 Å². The summed E-state index contributed by atoms with van der Waals surface area (Å²) in [5.41, 5.74) is 22.0. The molecule has 0 spiro atoms. The van der Waals surface area contributed by atoms with Gasteiger partial charge in [-0.05, 0) is 123 Å². The summed E-state index contributed by atoms with van der Waals surface area (Å²) >= 11 is 0. The Labute approximate surface area is 443 Å². The van der Waals surface area contributed by atoms with E-state index in [0.717, 1.165) is 0 Å². The second-order valence-corrected chi connectivity index (χ2v) is 24.1. The summed E-state index contributed by atoms with van der Waals surface area (Å²) in [5, 5.41) is 7.36. The van der Waals surface area contributed by atoms with Crippen molar-refractivity contribution in [1.82, 2.24) is 4.57 Å². The van der Waals surface area contributed by atoms with Crippen LogP contribution in [0.5, 0.6) is 0 Å². The molecule has 75 heavy (non-hydrogen) atoms. The molecule has 0 fully saturated rings. The molecular formula is C72H63BN2. The predicted octanol–water partition coefficient (Wildman–Crippen LogP) is 17.7. The van der Waals surface area contributed by atoms with E-state index in [1.54, 1.807) is 0 Å². The number of benzene rings is 10. The minimum atomic E-state index is -0.202. The number of rotatable bonds is 4. The van der Waals surface area contributed by atoms with Gasteiger partial charge in [0.05, 0.1) is 11.2 Å². The van der Waals surface area contributed by atoms with Crippen LogP contribution in [0.2, 0.25) is 0 Å². The smallest absolute Gasteiger partial charge is 0.252 e. The number of hydrogen-bond donors (Lipinski definition) is 0. The van der Waals surface area contributed by atoms with Crippen molar-refractivity contribution in [2.24, 2.45) is 0 Å². The lowest BCUT2D eigenvalue weighted by Gasteiger charge is -2.43. The van der Waals surface area contributed by atoms with Crippen molar-refractivity contribution in [3.8, 4) is 39.1 Å². The second kappa shape index (κ2) is 17.2. The van der Waals surface area contributed by atoms with Gasteiger partial charge in [-0.3, -0.25) is 0 Å². The van der Waals surface area contributed by atoms with Crippen molar-refractivity contribution in [3.63, 3.8) is 0 Å².